The summed E-state index contributed by atoms with van der Waals surface area (Å²) in [4.78, 5) is 20.7. The number of hydrogen-bond acceptors (Lipinski definition) is 6. The number of hydrazone groups is 1. The third-order valence-electron chi connectivity index (χ3n) is 4.65. The molecule has 0 bridgehead atoms. The van der Waals surface area contributed by atoms with Gasteiger partial charge < -0.3 is 9.52 Å². The van der Waals surface area contributed by atoms with Crippen LogP contribution < -0.4 is 11.0 Å². The molecule has 2 heterocycles. The smallest absolute Gasteiger partial charge is 0.316 e. The molecule has 0 radical (unpaired) electrons. The van der Waals surface area contributed by atoms with Gasteiger partial charge in [-0.25, -0.2) is 10.3 Å². The summed E-state index contributed by atoms with van der Waals surface area (Å²) in [5.74, 6) is -0.361. The fraction of sp³-hybridized carbons (Fsp3) is 0.0909. The molecular weight excluding hydrogens is 382 g/mol. The van der Waals surface area contributed by atoms with E-state index >= 15 is 0 Å². The zero-order chi connectivity index (χ0) is 21.1. The summed E-state index contributed by atoms with van der Waals surface area (Å²) in [7, 11) is 0. The van der Waals surface area contributed by atoms with E-state index in [1.165, 1.54) is 6.21 Å². The van der Waals surface area contributed by atoms with Crippen molar-refractivity contribution >= 4 is 29.0 Å². The van der Waals surface area contributed by atoms with Crippen LogP contribution in [0.1, 0.15) is 16.7 Å². The van der Waals surface area contributed by atoms with Crippen molar-refractivity contribution in [3.63, 3.8) is 0 Å². The Morgan fingerprint density at radius 1 is 1.23 bits per heavy atom. The molecule has 2 N–H and O–H groups in total. The van der Waals surface area contributed by atoms with Crippen LogP contribution in [0.2, 0.25) is 0 Å². The van der Waals surface area contributed by atoms with Gasteiger partial charge in [0.2, 0.25) is 5.69 Å². The number of benzene rings is 2. The highest BCUT2D eigenvalue weighted by atomic mass is 16.4. The Kier molecular flexibility index (Phi) is 5.01. The normalized spacial score (nSPS) is 11.1. The van der Waals surface area contributed by atoms with E-state index in [0.717, 1.165) is 10.1 Å². The maximum Gasteiger partial charge on any atom is 0.316 e. The minimum absolute atomic E-state index is 0.00819. The van der Waals surface area contributed by atoms with Crippen molar-refractivity contribution in [3.05, 3.63) is 93.1 Å². The molecular formula is C22H17N5O3. The Labute approximate surface area is 171 Å². The van der Waals surface area contributed by atoms with Crippen LogP contribution in [0.15, 0.2) is 68.9 Å². The molecule has 30 heavy (non-hydrogen) atoms. The van der Waals surface area contributed by atoms with Crippen LogP contribution in [0, 0.1) is 13.5 Å². The van der Waals surface area contributed by atoms with E-state index in [9.17, 15) is 9.90 Å². The Morgan fingerprint density at radius 3 is 2.70 bits per heavy atom. The molecule has 0 amide bonds. The molecule has 2 aromatic carbocycles. The van der Waals surface area contributed by atoms with Crippen LogP contribution in [-0.2, 0) is 6.54 Å². The van der Waals surface area contributed by atoms with E-state index in [1.54, 1.807) is 13.0 Å². The van der Waals surface area contributed by atoms with Crippen LogP contribution in [0.3, 0.4) is 0 Å². The topological polar surface area (TPSA) is 97.0 Å². The first-order valence-electron chi connectivity index (χ1n) is 9.11. The Bertz CT molecular complexity index is 1310. The Balaban J connectivity index is 1.69. The summed E-state index contributed by atoms with van der Waals surface area (Å²) >= 11 is 0. The van der Waals surface area contributed by atoms with Crippen LogP contribution in [0.25, 0.3) is 15.9 Å². The Hall–Kier alpha value is -4.38. The molecule has 2 aromatic heterocycles. The number of anilines is 1. The lowest BCUT2D eigenvalue weighted by Gasteiger charge is -2.14. The number of nitrogens with one attached hydrogen (secondary N) is 1. The van der Waals surface area contributed by atoms with Crippen molar-refractivity contribution in [1.82, 2.24) is 9.55 Å². The van der Waals surface area contributed by atoms with E-state index in [0.29, 0.717) is 16.7 Å². The van der Waals surface area contributed by atoms with E-state index in [2.05, 4.69) is 20.4 Å². The second kappa shape index (κ2) is 7.93. The molecule has 0 aliphatic carbocycles. The highest BCUT2D eigenvalue weighted by Crippen LogP contribution is 2.30. The molecule has 0 fully saturated rings. The van der Waals surface area contributed by atoms with Gasteiger partial charge in [-0.2, -0.15) is 10.1 Å². The average molecular weight is 399 g/mol. The lowest BCUT2D eigenvalue weighted by atomic mass is 10.1. The number of fused-ring (bicyclic) bond motifs is 1. The fourth-order valence-electron chi connectivity index (χ4n) is 3.10. The van der Waals surface area contributed by atoms with Crippen LogP contribution in [0.4, 0.5) is 11.7 Å². The van der Waals surface area contributed by atoms with Gasteiger partial charge in [0.05, 0.1) is 24.9 Å². The molecule has 0 spiro atoms. The molecule has 4 aromatic rings. The molecule has 8 heteroatoms. The first-order chi connectivity index (χ1) is 14.6. The van der Waals surface area contributed by atoms with Gasteiger partial charge in [0.1, 0.15) is 5.52 Å². The second-order valence-corrected chi connectivity index (χ2v) is 6.56. The first kappa shape index (κ1) is 19.0. The van der Waals surface area contributed by atoms with Gasteiger partial charge in [-0.05, 0) is 30.2 Å². The largest absolute Gasteiger partial charge is 0.503 e. The number of oxazole rings is 1. The molecule has 148 valence electrons. The molecule has 0 atom stereocenters. The number of aromatic nitrogens is 2. The standard InChI is InChI=1S/C22H17N5O3/c1-14-16(12-24-26-22-25-17-10-6-7-11-18(17)30-22)20(28)27(21(29)19(14)23-2)13-15-8-4-3-5-9-15/h3-12,29H,13H2,1H3,(H,25,26)/b24-12+. The van der Waals surface area contributed by atoms with E-state index in [1.807, 2.05) is 48.5 Å². The van der Waals surface area contributed by atoms with Gasteiger partial charge in [0.15, 0.2) is 11.5 Å². The number of para-hydroxylation sites is 2. The summed E-state index contributed by atoms with van der Waals surface area (Å²) in [5.41, 5.74) is 4.86. The van der Waals surface area contributed by atoms with Crippen molar-refractivity contribution in [1.29, 1.82) is 0 Å². The first-order valence-corrected chi connectivity index (χ1v) is 9.11. The number of hydrogen-bond donors (Lipinski definition) is 2. The summed E-state index contributed by atoms with van der Waals surface area (Å²) in [5, 5.41) is 14.5. The van der Waals surface area contributed by atoms with Crippen molar-refractivity contribution in [3.8, 4) is 5.88 Å². The van der Waals surface area contributed by atoms with E-state index < -0.39 is 5.56 Å². The fourth-order valence-corrected chi connectivity index (χ4v) is 3.10. The molecule has 0 saturated carbocycles. The van der Waals surface area contributed by atoms with Gasteiger partial charge in [0, 0.05) is 0 Å². The Morgan fingerprint density at radius 2 is 1.97 bits per heavy atom. The van der Waals surface area contributed by atoms with Crippen molar-refractivity contribution < 1.29 is 9.52 Å². The molecule has 0 aliphatic rings. The molecule has 0 saturated heterocycles. The lowest BCUT2D eigenvalue weighted by Crippen LogP contribution is -2.25. The minimum Gasteiger partial charge on any atom is -0.503 e. The van der Waals surface area contributed by atoms with Crippen LogP contribution in [-0.4, -0.2) is 20.9 Å². The molecule has 4 rings (SSSR count). The minimum atomic E-state index is -0.454. The van der Waals surface area contributed by atoms with E-state index in [4.69, 9.17) is 11.0 Å². The predicted octanol–water partition coefficient (Wildman–Crippen LogP) is 4.05. The van der Waals surface area contributed by atoms with Crippen LogP contribution >= 0.6 is 0 Å². The summed E-state index contributed by atoms with van der Waals surface area (Å²) < 4.78 is 6.69. The zero-order valence-corrected chi connectivity index (χ0v) is 16.0. The van der Waals surface area contributed by atoms with Gasteiger partial charge in [-0.3, -0.25) is 9.36 Å². The third-order valence-corrected chi connectivity index (χ3v) is 4.65. The van der Waals surface area contributed by atoms with Gasteiger partial charge in [-0.1, -0.05) is 42.5 Å². The zero-order valence-electron chi connectivity index (χ0n) is 16.0. The van der Waals surface area contributed by atoms with Gasteiger partial charge >= 0.3 is 6.01 Å². The average Bonchev–Trinajstić information content (AvgIpc) is 3.17. The number of rotatable bonds is 5. The summed E-state index contributed by atoms with van der Waals surface area (Å²) in [6, 6.07) is 16.7. The SMILES string of the molecule is [C-]#[N+]c1c(C)c(/C=N/Nc2nc3ccccc3o2)c(=O)n(Cc2ccccc2)c1O. The molecule has 8 nitrogen and oxygen atoms in total. The second-order valence-electron chi connectivity index (χ2n) is 6.56. The molecule has 0 aliphatic heterocycles. The van der Waals surface area contributed by atoms with Crippen molar-refractivity contribution in [2.45, 2.75) is 13.5 Å². The van der Waals surface area contributed by atoms with Gasteiger partial charge in [0.25, 0.3) is 5.56 Å². The predicted molar refractivity (Wildman–Crippen MR) is 114 cm³/mol. The summed E-state index contributed by atoms with van der Waals surface area (Å²) in [6.45, 7) is 9.14. The monoisotopic (exact) mass is 399 g/mol. The maximum absolute atomic E-state index is 13.0. The van der Waals surface area contributed by atoms with Crippen molar-refractivity contribution in [2.24, 2.45) is 5.10 Å². The number of aromatic hydroxyl groups is 1. The van der Waals surface area contributed by atoms with Crippen LogP contribution in [0.5, 0.6) is 5.88 Å². The quantitative estimate of drug-likeness (QED) is 0.300. The van der Waals surface area contributed by atoms with Crippen molar-refractivity contribution in [2.75, 3.05) is 5.43 Å². The third kappa shape index (κ3) is 3.52. The highest BCUT2D eigenvalue weighted by Gasteiger charge is 2.18. The van der Waals surface area contributed by atoms with E-state index in [-0.39, 0.29) is 29.7 Å². The summed E-state index contributed by atoms with van der Waals surface area (Å²) in [6.07, 6.45) is 1.31. The maximum atomic E-state index is 13.0. The van der Waals surface area contributed by atoms with Gasteiger partial charge in [-0.15, -0.1) is 0 Å². The lowest BCUT2D eigenvalue weighted by molar-refractivity contribution is 0.418. The number of nitrogens with zero attached hydrogens (tertiary/aromatic N) is 4. The number of pyridine rings is 1. The molecule has 0 unspecified atom stereocenters. The highest BCUT2D eigenvalue weighted by molar-refractivity contribution is 5.85.